The van der Waals surface area contributed by atoms with Crippen LogP contribution in [0.5, 0.6) is 5.75 Å². The van der Waals surface area contributed by atoms with Gasteiger partial charge in [-0.3, -0.25) is 4.79 Å². The third-order valence-corrected chi connectivity index (χ3v) is 5.36. The smallest absolute Gasteiger partial charge is 0.279 e. The number of rotatable bonds is 4. The van der Waals surface area contributed by atoms with Crippen LogP contribution >= 0.6 is 15.9 Å². The van der Waals surface area contributed by atoms with E-state index in [0.29, 0.717) is 33.7 Å². The maximum Gasteiger partial charge on any atom is 0.279 e. The fourth-order valence-electron chi connectivity index (χ4n) is 3.30. The molecule has 0 aliphatic carbocycles. The monoisotopic (exact) mass is 474 g/mol. The molecule has 0 saturated heterocycles. The first-order valence-electron chi connectivity index (χ1n) is 9.40. The predicted molar refractivity (Wildman–Crippen MR) is 120 cm³/mol. The van der Waals surface area contributed by atoms with Crippen LogP contribution in [0.3, 0.4) is 0 Å². The molecule has 152 valence electrons. The standard InChI is InChI=1S/C23H15BrN4O3/c1-30-17-6-4-5-14(13-17)21-25-22(31-27-21)20-18-7-2-3-8-19(18)23(29)28(26-20)16-11-9-15(24)10-12-16/h2-13H,1H3. The van der Waals surface area contributed by atoms with Crippen LogP contribution in [-0.4, -0.2) is 27.0 Å². The summed E-state index contributed by atoms with van der Waals surface area (Å²) < 4.78 is 13.1. The number of aromatic nitrogens is 4. The van der Waals surface area contributed by atoms with Crippen LogP contribution in [0.4, 0.5) is 0 Å². The van der Waals surface area contributed by atoms with Crippen LogP contribution in [0, 0.1) is 0 Å². The summed E-state index contributed by atoms with van der Waals surface area (Å²) >= 11 is 3.41. The molecule has 0 bridgehead atoms. The number of hydrogen-bond donors (Lipinski definition) is 0. The summed E-state index contributed by atoms with van der Waals surface area (Å²) in [4.78, 5) is 17.6. The van der Waals surface area contributed by atoms with Crippen molar-refractivity contribution in [2.75, 3.05) is 7.11 Å². The summed E-state index contributed by atoms with van der Waals surface area (Å²) in [5.41, 5.74) is 1.58. The van der Waals surface area contributed by atoms with Crippen LogP contribution in [0.2, 0.25) is 0 Å². The zero-order valence-corrected chi connectivity index (χ0v) is 17.9. The minimum Gasteiger partial charge on any atom is -0.497 e. The van der Waals surface area contributed by atoms with Crippen molar-refractivity contribution in [2.45, 2.75) is 0 Å². The van der Waals surface area contributed by atoms with Gasteiger partial charge in [-0.05, 0) is 42.5 Å². The molecule has 5 aromatic rings. The molecule has 0 saturated carbocycles. The van der Waals surface area contributed by atoms with Gasteiger partial charge in [-0.25, -0.2) is 0 Å². The number of methoxy groups -OCH3 is 1. The van der Waals surface area contributed by atoms with Gasteiger partial charge in [0.15, 0.2) is 5.69 Å². The van der Waals surface area contributed by atoms with Crippen molar-refractivity contribution >= 4 is 26.7 Å². The van der Waals surface area contributed by atoms with Crippen molar-refractivity contribution in [3.8, 4) is 34.4 Å². The van der Waals surface area contributed by atoms with E-state index in [-0.39, 0.29) is 11.4 Å². The fraction of sp³-hybridized carbons (Fsp3) is 0.0435. The summed E-state index contributed by atoms with van der Waals surface area (Å²) in [5, 5.41) is 9.84. The lowest BCUT2D eigenvalue weighted by atomic mass is 10.1. The second-order valence-corrected chi connectivity index (χ2v) is 7.66. The van der Waals surface area contributed by atoms with E-state index in [1.165, 1.54) is 4.68 Å². The Hall–Kier alpha value is -3.78. The van der Waals surface area contributed by atoms with Gasteiger partial charge in [0.05, 0.1) is 18.2 Å². The molecule has 0 spiro atoms. The molecular weight excluding hydrogens is 460 g/mol. The Morgan fingerprint density at radius 3 is 2.52 bits per heavy atom. The van der Waals surface area contributed by atoms with Gasteiger partial charge in [-0.2, -0.15) is 14.8 Å². The molecule has 0 amide bonds. The van der Waals surface area contributed by atoms with E-state index >= 15 is 0 Å². The topological polar surface area (TPSA) is 83.0 Å². The Morgan fingerprint density at radius 2 is 1.74 bits per heavy atom. The summed E-state index contributed by atoms with van der Waals surface area (Å²) in [6, 6.07) is 22.0. The van der Waals surface area contributed by atoms with Crippen molar-refractivity contribution in [3.63, 3.8) is 0 Å². The highest BCUT2D eigenvalue weighted by Gasteiger charge is 2.19. The lowest BCUT2D eigenvalue weighted by Gasteiger charge is -2.09. The number of ether oxygens (including phenoxy) is 1. The number of hydrogen-bond acceptors (Lipinski definition) is 6. The highest BCUT2D eigenvalue weighted by atomic mass is 79.9. The first-order chi connectivity index (χ1) is 15.1. The minimum absolute atomic E-state index is 0.222. The molecule has 0 N–H and O–H groups in total. The first kappa shape index (κ1) is 19.2. The zero-order valence-electron chi connectivity index (χ0n) is 16.3. The highest BCUT2D eigenvalue weighted by molar-refractivity contribution is 9.10. The third-order valence-electron chi connectivity index (χ3n) is 4.83. The van der Waals surface area contributed by atoms with Gasteiger partial charge in [-0.15, -0.1) is 0 Å². The Bertz CT molecular complexity index is 1460. The molecular formula is C23H15BrN4O3. The average molecular weight is 475 g/mol. The molecule has 8 heteroatoms. The van der Waals surface area contributed by atoms with Crippen LogP contribution in [0.25, 0.3) is 39.4 Å². The molecule has 0 aliphatic heterocycles. The first-order valence-corrected chi connectivity index (χ1v) is 10.2. The number of fused-ring (bicyclic) bond motifs is 1. The van der Waals surface area contributed by atoms with Crippen LogP contribution in [0.1, 0.15) is 0 Å². The SMILES string of the molecule is COc1cccc(-c2noc(-c3nn(-c4ccc(Br)cc4)c(=O)c4ccccc34)n2)c1. The van der Waals surface area contributed by atoms with Crippen molar-refractivity contribution in [3.05, 3.63) is 87.6 Å². The lowest BCUT2D eigenvalue weighted by molar-refractivity contribution is 0.414. The minimum atomic E-state index is -0.228. The van der Waals surface area contributed by atoms with Gasteiger partial charge in [-0.1, -0.05) is 51.4 Å². The number of benzene rings is 3. The molecule has 31 heavy (non-hydrogen) atoms. The zero-order chi connectivity index (χ0) is 21.4. The van der Waals surface area contributed by atoms with Gasteiger partial charge >= 0.3 is 0 Å². The maximum absolute atomic E-state index is 13.1. The van der Waals surface area contributed by atoms with E-state index in [9.17, 15) is 4.79 Å². The van der Waals surface area contributed by atoms with Crippen LogP contribution < -0.4 is 10.3 Å². The van der Waals surface area contributed by atoms with Gasteiger partial charge in [0, 0.05) is 15.4 Å². The summed E-state index contributed by atoms with van der Waals surface area (Å²) in [7, 11) is 1.60. The van der Waals surface area contributed by atoms with Crippen LogP contribution in [-0.2, 0) is 0 Å². The van der Waals surface area contributed by atoms with E-state index < -0.39 is 0 Å². The fourth-order valence-corrected chi connectivity index (χ4v) is 3.57. The second-order valence-electron chi connectivity index (χ2n) is 6.74. The Labute approximate surface area is 185 Å². The van der Waals surface area contributed by atoms with E-state index in [0.717, 1.165) is 10.0 Å². The predicted octanol–water partition coefficient (Wildman–Crippen LogP) is 4.87. The molecule has 0 fully saturated rings. The Morgan fingerprint density at radius 1 is 0.968 bits per heavy atom. The quantitative estimate of drug-likeness (QED) is 0.369. The van der Waals surface area contributed by atoms with Crippen molar-refractivity contribution in [1.82, 2.24) is 19.9 Å². The molecule has 0 aliphatic rings. The lowest BCUT2D eigenvalue weighted by Crippen LogP contribution is -2.22. The summed E-state index contributed by atoms with van der Waals surface area (Å²) in [6.07, 6.45) is 0. The average Bonchev–Trinajstić information content (AvgIpc) is 3.30. The van der Waals surface area contributed by atoms with E-state index in [2.05, 4.69) is 31.2 Å². The van der Waals surface area contributed by atoms with Gasteiger partial charge in [0.25, 0.3) is 11.4 Å². The van der Waals surface area contributed by atoms with Crippen molar-refractivity contribution in [2.24, 2.45) is 0 Å². The third kappa shape index (κ3) is 3.51. The maximum atomic E-state index is 13.1. The normalized spacial score (nSPS) is 11.0. The molecule has 5 rings (SSSR count). The van der Waals surface area contributed by atoms with E-state index in [4.69, 9.17) is 9.26 Å². The molecule has 3 aromatic carbocycles. The second kappa shape index (κ2) is 7.81. The summed E-state index contributed by atoms with van der Waals surface area (Å²) in [6.45, 7) is 0. The summed E-state index contributed by atoms with van der Waals surface area (Å²) in [5.74, 6) is 1.32. The van der Waals surface area contributed by atoms with Gasteiger partial charge < -0.3 is 9.26 Å². The number of nitrogens with zero attached hydrogens (tertiary/aromatic N) is 4. The Kier molecular flexibility index (Phi) is 4.83. The molecule has 0 radical (unpaired) electrons. The molecule has 2 heterocycles. The van der Waals surface area contributed by atoms with Crippen LogP contribution in [0.15, 0.2) is 86.6 Å². The highest BCUT2D eigenvalue weighted by Crippen LogP contribution is 2.27. The van der Waals surface area contributed by atoms with E-state index in [1.807, 2.05) is 66.7 Å². The molecule has 7 nitrogen and oxygen atoms in total. The molecule has 2 aromatic heterocycles. The largest absolute Gasteiger partial charge is 0.497 e. The van der Waals surface area contributed by atoms with Crippen molar-refractivity contribution in [1.29, 1.82) is 0 Å². The molecule has 0 unspecified atom stereocenters. The van der Waals surface area contributed by atoms with Gasteiger partial charge in [0.2, 0.25) is 5.82 Å². The number of halogens is 1. The van der Waals surface area contributed by atoms with Gasteiger partial charge in [0.1, 0.15) is 5.75 Å². The Balaban J connectivity index is 1.70. The molecule has 0 atom stereocenters. The van der Waals surface area contributed by atoms with E-state index in [1.54, 1.807) is 13.2 Å². The van der Waals surface area contributed by atoms with Crippen molar-refractivity contribution < 1.29 is 9.26 Å².